The van der Waals surface area contributed by atoms with Crippen molar-refractivity contribution in [3.63, 3.8) is 0 Å². The van der Waals surface area contributed by atoms with Crippen molar-refractivity contribution < 1.29 is 4.39 Å². The predicted molar refractivity (Wildman–Crippen MR) is 105 cm³/mol. The van der Waals surface area contributed by atoms with Gasteiger partial charge in [-0.2, -0.15) is 0 Å². The highest BCUT2D eigenvalue weighted by Crippen LogP contribution is 2.22. The third kappa shape index (κ3) is 4.70. The van der Waals surface area contributed by atoms with Gasteiger partial charge in [-0.25, -0.2) is 4.39 Å². The predicted octanol–water partition coefficient (Wildman–Crippen LogP) is 6.88. The molecular weight excluding hydrogens is 331 g/mol. The molecule has 3 aromatic rings. The maximum atomic E-state index is 13.5. The number of hydrogen-bond acceptors (Lipinski definition) is 0. The molecular formula is C23H22ClF. The van der Waals surface area contributed by atoms with Crippen molar-refractivity contribution in [3.8, 4) is 11.1 Å². The molecule has 0 atom stereocenters. The topological polar surface area (TPSA) is 0 Å². The van der Waals surface area contributed by atoms with Crippen molar-refractivity contribution in [1.29, 1.82) is 0 Å². The highest BCUT2D eigenvalue weighted by molar-refractivity contribution is 6.30. The van der Waals surface area contributed by atoms with E-state index >= 15 is 0 Å². The molecule has 3 rings (SSSR count). The zero-order valence-electron chi connectivity index (χ0n) is 14.4. The van der Waals surface area contributed by atoms with Crippen LogP contribution < -0.4 is 0 Å². The van der Waals surface area contributed by atoms with Crippen molar-refractivity contribution in [3.05, 3.63) is 94.3 Å². The van der Waals surface area contributed by atoms with Gasteiger partial charge in [0.2, 0.25) is 0 Å². The largest absolute Gasteiger partial charge is 0.205 e. The zero-order chi connectivity index (χ0) is 17.6. The zero-order valence-corrected chi connectivity index (χ0v) is 15.2. The quantitative estimate of drug-likeness (QED) is 0.453. The first-order chi connectivity index (χ1) is 12.2. The van der Waals surface area contributed by atoms with Gasteiger partial charge < -0.3 is 0 Å². The Bertz CT molecular complexity index is 820. The van der Waals surface area contributed by atoms with Crippen LogP contribution in [0.25, 0.3) is 11.1 Å². The van der Waals surface area contributed by atoms with Crippen LogP contribution in [0.15, 0.2) is 66.7 Å². The minimum atomic E-state index is -0.346. The van der Waals surface area contributed by atoms with Gasteiger partial charge in [0.15, 0.2) is 0 Å². The SMILES string of the molecule is CCCc1ccc(-c2ccc(CCc3ccc(Cl)c(F)c3)cc2)cc1. The fourth-order valence-electron chi connectivity index (χ4n) is 3.00. The Hall–Kier alpha value is -2.12. The molecule has 0 heterocycles. The maximum Gasteiger partial charge on any atom is 0.142 e. The maximum absolute atomic E-state index is 13.5. The molecule has 0 amide bonds. The average molecular weight is 353 g/mol. The monoisotopic (exact) mass is 352 g/mol. The summed E-state index contributed by atoms with van der Waals surface area (Å²) in [4.78, 5) is 0. The summed E-state index contributed by atoms with van der Waals surface area (Å²) in [6.07, 6.45) is 3.99. The lowest BCUT2D eigenvalue weighted by molar-refractivity contribution is 0.625. The van der Waals surface area contributed by atoms with Gasteiger partial charge in [-0.3, -0.25) is 0 Å². The first-order valence-electron chi connectivity index (χ1n) is 8.78. The Labute approximate surface area is 154 Å². The van der Waals surface area contributed by atoms with Gasteiger partial charge in [-0.05, 0) is 59.2 Å². The van der Waals surface area contributed by atoms with Gasteiger partial charge in [0.25, 0.3) is 0 Å². The van der Waals surface area contributed by atoms with E-state index in [1.807, 2.05) is 6.07 Å². The van der Waals surface area contributed by atoms with E-state index in [-0.39, 0.29) is 10.8 Å². The van der Waals surface area contributed by atoms with Gasteiger partial charge in [-0.15, -0.1) is 0 Å². The molecule has 25 heavy (non-hydrogen) atoms. The third-order valence-electron chi connectivity index (χ3n) is 4.47. The molecule has 0 N–H and O–H groups in total. The Morgan fingerprint density at radius 3 is 1.68 bits per heavy atom. The molecule has 0 unspecified atom stereocenters. The summed E-state index contributed by atoms with van der Waals surface area (Å²) < 4.78 is 13.5. The van der Waals surface area contributed by atoms with Gasteiger partial charge >= 0.3 is 0 Å². The molecule has 3 aromatic carbocycles. The van der Waals surface area contributed by atoms with E-state index < -0.39 is 0 Å². The summed E-state index contributed by atoms with van der Waals surface area (Å²) in [6.45, 7) is 2.20. The highest BCUT2D eigenvalue weighted by Gasteiger charge is 2.03. The van der Waals surface area contributed by atoms with Crippen LogP contribution in [0.3, 0.4) is 0 Å². The Morgan fingerprint density at radius 2 is 1.16 bits per heavy atom. The van der Waals surface area contributed by atoms with E-state index in [0.29, 0.717) is 0 Å². The second-order valence-corrected chi connectivity index (χ2v) is 6.80. The van der Waals surface area contributed by atoms with E-state index in [9.17, 15) is 4.39 Å². The Kier molecular flexibility index (Phi) is 5.88. The summed E-state index contributed by atoms with van der Waals surface area (Å²) in [5.74, 6) is -0.346. The molecule has 0 saturated heterocycles. The van der Waals surface area contributed by atoms with Gasteiger partial charge in [0.05, 0.1) is 5.02 Å². The molecule has 0 nitrogen and oxygen atoms in total. The molecule has 0 aromatic heterocycles. The van der Waals surface area contributed by atoms with Crippen LogP contribution in [-0.4, -0.2) is 0 Å². The van der Waals surface area contributed by atoms with Crippen LogP contribution in [-0.2, 0) is 19.3 Å². The standard InChI is InChI=1S/C23H22ClF/c1-2-3-17-6-11-20(12-7-17)21-13-8-18(9-14-21)4-5-19-10-15-22(24)23(25)16-19/h6-16H,2-5H2,1H3. The van der Waals surface area contributed by atoms with E-state index in [0.717, 1.165) is 24.8 Å². The molecule has 0 radical (unpaired) electrons. The van der Waals surface area contributed by atoms with Crippen LogP contribution in [0.1, 0.15) is 30.0 Å². The minimum absolute atomic E-state index is 0.179. The van der Waals surface area contributed by atoms with Crippen molar-refractivity contribution in [2.45, 2.75) is 32.6 Å². The summed E-state index contributed by atoms with van der Waals surface area (Å²) in [5.41, 5.74) is 6.08. The third-order valence-corrected chi connectivity index (χ3v) is 4.77. The molecule has 128 valence electrons. The number of hydrogen-bond donors (Lipinski definition) is 0. The fraction of sp³-hybridized carbons (Fsp3) is 0.217. The minimum Gasteiger partial charge on any atom is -0.205 e. The Balaban J connectivity index is 1.64. The smallest absolute Gasteiger partial charge is 0.142 e. The molecule has 0 aliphatic carbocycles. The van der Waals surface area contributed by atoms with Gasteiger partial charge in [0.1, 0.15) is 5.82 Å². The van der Waals surface area contributed by atoms with Crippen LogP contribution in [0, 0.1) is 5.82 Å². The lowest BCUT2D eigenvalue weighted by Gasteiger charge is -2.07. The van der Waals surface area contributed by atoms with Crippen molar-refractivity contribution >= 4 is 11.6 Å². The summed E-state index contributed by atoms with van der Waals surface area (Å²) in [6, 6.07) is 22.5. The van der Waals surface area contributed by atoms with E-state index in [2.05, 4.69) is 55.5 Å². The van der Waals surface area contributed by atoms with Crippen molar-refractivity contribution in [2.24, 2.45) is 0 Å². The van der Waals surface area contributed by atoms with Crippen LogP contribution in [0.4, 0.5) is 4.39 Å². The lowest BCUT2D eigenvalue weighted by Crippen LogP contribution is -1.92. The first-order valence-corrected chi connectivity index (χ1v) is 9.15. The van der Waals surface area contributed by atoms with E-state index in [1.165, 1.54) is 34.7 Å². The van der Waals surface area contributed by atoms with Crippen LogP contribution >= 0.6 is 11.6 Å². The lowest BCUT2D eigenvalue weighted by atomic mass is 9.99. The molecule has 2 heteroatoms. The normalized spacial score (nSPS) is 10.8. The van der Waals surface area contributed by atoms with E-state index in [1.54, 1.807) is 6.07 Å². The second kappa shape index (κ2) is 8.31. The molecule has 0 aliphatic heterocycles. The highest BCUT2D eigenvalue weighted by atomic mass is 35.5. The first kappa shape index (κ1) is 17.7. The summed E-state index contributed by atoms with van der Waals surface area (Å²) in [7, 11) is 0. The second-order valence-electron chi connectivity index (χ2n) is 6.39. The van der Waals surface area contributed by atoms with Gasteiger partial charge in [-0.1, -0.05) is 79.5 Å². The van der Waals surface area contributed by atoms with Crippen molar-refractivity contribution in [1.82, 2.24) is 0 Å². The number of halogens is 2. The molecule has 0 fully saturated rings. The summed E-state index contributed by atoms with van der Waals surface area (Å²) in [5, 5.41) is 0.179. The van der Waals surface area contributed by atoms with Crippen molar-refractivity contribution in [2.75, 3.05) is 0 Å². The number of benzene rings is 3. The Morgan fingerprint density at radius 1 is 0.680 bits per heavy atom. The molecule has 0 saturated carbocycles. The van der Waals surface area contributed by atoms with Crippen LogP contribution in [0.5, 0.6) is 0 Å². The molecule has 0 aliphatic rings. The molecule has 0 bridgehead atoms. The van der Waals surface area contributed by atoms with E-state index in [4.69, 9.17) is 11.6 Å². The summed E-state index contributed by atoms with van der Waals surface area (Å²) >= 11 is 5.73. The number of rotatable bonds is 6. The molecule has 0 spiro atoms. The van der Waals surface area contributed by atoms with Gasteiger partial charge in [0, 0.05) is 0 Å². The number of aryl methyl sites for hydroxylation is 3. The average Bonchev–Trinajstić information content (AvgIpc) is 2.64. The van der Waals surface area contributed by atoms with Crippen LogP contribution in [0.2, 0.25) is 5.02 Å². The fourth-order valence-corrected chi connectivity index (χ4v) is 3.12.